The van der Waals surface area contributed by atoms with Gasteiger partial charge in [-0.15, -0.1) is 0 Å². The van der Waals surface area contributed by atoms with Crippen LogP contribution in [0.1, 0.15) is 18.4 Å². The summed E-state index contributed by atoms with van der Waals surface area (Å²) in [6.45, 7) is 1.62. The van der Waals surface area contributed by atoms with Crippen LogP contribution in [0.2, 0.25) is 0 Å². The Kier molecular flexibility index (Phi) is 3.56. The first-order valence-electron chi connectivity index (χ1n) is 5.75. The van der Waals surface area contributed by atoms with Crippen LogP contribution in [0, 0.1) is 5.82 Å². The summed E-state index contributed by atoms with van der Waals surface area (Å²) in [6, 6.07) is 6.78. The zero-order valence-corrected chi connectivity index (χ0v) is 9.63. The molecule has 0 saturated carbocycles. The van der Waals surface area contributed by atoms with Crippen molar-refractivity contribution in [3.8, 4) is 0 Å². The van der Waals surface area contributed by atoms with Crippen molar-refractivity contribution < 1.29 is 9.13 Å². The van der Waals surface area contributed by atoms with Crippen molar-refractivity contribution in [3.05, 3.63) is 35.6 Å². The SMILES string of the molecule is CNC1(Cc2ccc(F)cc2)CCOCC1. The molecule has 0 unspecified atom stereocenters. The second-order valence-electron chi connectivity index (χ2n) is 4.45. The number of nitrogens with one attached hydrogen (secondary N) is 1. The summed E-state index contributed by atoms with van der Waals surface area (Å²) >= 11 is 0. The molecular formula is C13H18FNO. The molecule has 1 N–H and O–H groups in total. The fourth-order valence-electron chi connectivity index (χ4n) is 2.27. The zero-order valence-electron chi connectivity index (χ0n) is 9.63. The predicted octanol–water partition coefficient (Wildman–Crippen LogP) is 2.14. The number of ether oxygens (including phenoxy) is 1. The van der Waals surface area contributed by atoms with Gasteiger partial charge in [0.2, 0.25) is 0 Å². The van der Waals surface area contributed by atoms with E-state index in [1.165, 1.54) is 17.7 Å². The minimum Gasteiger partial charge on any atom is -0.381 e. The predicted molar refractivity (Wildman–Crippen MR) is 61.9 cm³/mol. The van der Waals surface area contributed by atoms with Crippen molar-refractivity contribution in [2.75, 3.05) is 20.3 Å². The van der Waals surface area contributed by atoms with E-state index >= 15 is 0 Å². The van der Waals surface area contributed by atoms with Crippen LogP contribution in [-0.4, -0.2) is 25.8 Å². The van der Waals surface area contributed by atoms with Gasteiger partial charge in [-0.2, -0.15) is 0 Å². The quantitative estimate of drug-likeness (QED) is 0.847. The van der Waals surface area contributed by atoms with Gasteiger partial charge in [0.1, 0.15) is 5.82 Å². The Bertz CT molecular complexity index is 330. The van der Waals surface area contributed by atoms with Gasteiger partial charge in [-0.25, -0.2) is 4.39 Å². The molecule has 16 heavy (non-hydrogen) atoms. The molecule has 0 atom stereocenters. The summed E-state index contributed by atoms with van der Waals surface area (Å²) in [5, 5.41) is 3.41. The fourth-order valence-corrected chi connectivity index (χ4v) is 2.27. The molecule has 1 fully saturated rings. The Labute approximate surface area is 95.8 Å². The summed E-state index contributed by atoms with van der Waals surface area (Å²) in [5.74, 6) is -0.172. The third-order valence-electron chi connectivity index (χ3n) is 3.44. The highest BCUT2D eigenvalue weighted by Crippen LogP contribution is 2.24. The number of halogens is 1. The monoisotopic (exact) mass is 223 g/mol. The highest BCUT2D eigenvalue weighted by Gasteiger charge is 2.30. The highest BCUT2D eigenvalue weighted by molar-refractivity contribution is 5.19. The maximum absolute atomic E-state index is 12.8. The van der Waals surface area contributed by atoms with Gasteiger partial charge in [0.05, 0.1) is 0 Å². The summed E-state index contributed by atoms with van der Waals surface area (Å²) in [6.07, 6.45) is 2.97. The van der Waals surface area contributed by atoms with Crippen LogP contribution in [-0.2, 0) is 11.2 Å². The lowest BCUT2D eigenvalue weighted by Gasteiger charge is -2.37. The minimum atomic E-state index is -0.172. The zero-order chi connectivity index (χ0) is 11.4. The molecule has 0 aliphatic carbocycles. The van der Waals surface area contributed by atoms with Crippen molar-refractivity contribution in [3.63, 3.8) is 0 Å². The number of benzene rings is 1. The molecule has 1 saturated heterocycles. The Morgan fingerprint density at radius 3 is 2.44 bits per heavy atom. The molecule has 1 heterocycles. The third kappa shape index (κ3) is 2.60. The largest absolute Gasteiger partial charge is 0.381 e. The Balaban J connectivity index is 2.08. The van der Waals surface area contributed by atoms with Gasteiger partial charge in [0.15, 0.2) is 0 Å². The standard InChI is InChI=1S/C13H18FNO/c1-15-13(6-8-16-9-7-13)10-11-2-4-12(14)5-3-11/h2-5,15H,6-10H2,1H3. The van der Waals surface area contributed by atoms with Crippen LogP contribution in [0.25, 0.3) is 0 Å². The van der Waals surface area contributed by atoms with Gasteiger partial charge < -0.3 is 10.1 Å². The second kappa shape index (κ2) is 4.93. The Morgan fingerprint density at radius 1 is 1.25 bits per heavy atom. The first-order chi connectivity index (χ1) is 7.74. The Morgan fingerprint density at radius 2 is 1.88 bits per heavy atom. The van der Waals surface area contributed by atoms with Gasteiger partial charge in [-0.05, 0) is 44.0 Å². The van der Waals surface area contributed by atoms with Crippen LogP contribution in [0.3, 0.4) is 0 Å². The van der Waals surface area contributed by atoms with Crippen molar-refractivity contribution >= 4 is 0 Å². The number of rotatable bonds is 3. The van der Waals surface area contributed by atoms with E-state index < -0.39 is 0 Å². The molecular weight excluding hydrogens is 205 g/mol. The van der Waals surface area contributed by atoms with Crippen LogP contribution in [0.15, 0.2) is 24.3 Å². The lowest BCUT2D eigenvalue weighted by atomic mass is 9.84. The molecule has 0 aromatic heterocycles. The number of likely N-dealkylation sites (N-methyl/N-ethyl adjacent to an activating group) is 1. The van der Waals surface area contributed by atoms with E-state index in [1.54, 1.807) is 0 Å². The van der Waals surface area contributed by atoms with E-state index in [4.69, 9.17) is 4.74 Å². The van der Waals surface area contributed by atoms with Crippen LogP contribution >= 0.6 is 0 Å². The van der Waals surface area contributed by atoms with E-state index in [2.05, 4.69) is 5.32 Å². The minimum absolute atomic E-state index is 0.121. The third-order valence-corrected chi connectivity index (χ3v) is 3.44. The van der Waals surface area contributed by atoms with Crippen molar-refractivity contribution in [1.82, 2.24) is 5.32 Å². The summed E-state index contributed by atoms with van der Waals surface area (Å²) in [4.78, 5) is 0. The normalized spacial score (nSPS) is 19.6. The van der Waals surface area contributed by atoms with E-state index in [0.717, 1.165) is 32.5 Å². The van der Waals surface area contributed by atoms with Crippen LogP contribution in [0.4, 0.5) is 4.39 Å². The van der Waals surface area contributed by atoms with Crippen molar-refractivity contribution in [2.45, 2.75) is 24.8 Å². The highest BCUT2D eigenvalue weighted by atomic mass is 19.1. The molecule has 2 nitrogen and oxygen atoms in total. The Hall–Kier alpha value is -0.930. The van der Waals surface area contributed by atoms with E-state index in [1.807, 2.05) is 19.2 Å². The number of hydrogen-bond acceptors (Lipinski definition) is 2. The molecule has 0 spiro atoms. The maximum atomic E-state index is 12.8. The maximum Gasteiger partial charge on any atom is 0.123 e. The molecule has 1 aliphatic heterocycles. The lowest BCUT2D eigenvalue weighted by Crippen LogP contribution is -2.49. The molecule has 0 amide bonds. The average Bonchev–Trinajstić information content (AvgIpc) is 2.33. The number of hydrogen-bond donors (Lipinski definition) is 1. The second-order valence-corrected chi connectivity index (χ2v) is 4.45. The van der Waals surface area contributed by atoms with Gasteiger partial charge in [-0.1, -0.05) is 12.1 Å². The first-order valence-corrected chi connectivity index (χ1v) is 5.75. The smallest absolute Gasteiger partial charge is 0.123 e. The van der Waals surface area contributed by atoms with Gasteiger partial charge in [0, 0.05) is 18.8 Å². The molecule has 0 radical (unpaired) electrons. The molecule has 1 aliphatic rings. The summed E-state index contributed by atoms with van der Waals surface area (Å²) in [7, 11) is 1.99. The molecule has 88 valence electrons. The molecule has 1 aromatic rings. The van der Waals surface area contributed by atoms with Crippen LogP contribution in [0.5, 0.6) is 0 Å². The van der Waals surface area contributed by atoms with Gasteiger partial charge in [0.25, 0.3) is 0 Å². The summed E-state index contributed by atoms with van der Waals surface area (Å²) in [5.41, 5.74) is 1.30. The average molecular weight is 223 g/mol. The molecule has 2 rings (SSSR count). The lowest BCUT2D eigenvalue weighted by molar-refractivity contribution is 0.0413. The molecule has 0 bridgehead atoms. The molecule has 3 heteroatoms. The summed E-state index contributed by atoms with van der Waals surface area (Å²) < 4.78 is 18.2. The van der Waals surface area contributed by atoms with E-state index in [9.17, 15) is 4.39 Å². The fraction of sp³-hybridized carbons (Fsp3) is 0.538. The van der Waals surface area contributed by atoms with Gasteiger partial charge in [-0.3, -0.25) is 0 Å². The van der Waals surface area contributed by atoms with Crippen molar-refractivity contribution in [1.29, 1.82) is 0 Å². The van der Waals surface area contributed by atoms with E-state index in [-0.39, 0.29) is 11.4 Å². The van der Waals surface area contributed by atoms with Crippen molar-refractivity contribution in [2.24, 2.45) is 0 Å². The topological polar surface area (TPSA) is 21.3 Å². The first kappa shape index (κ1) is 11.6. The van der Waals surface area contributed by atoms with Gasteiger partial charge >= 0.3 is 0 Å². The molecule has 1 aromatic carbocycles. The van der Waals surface area contributed by atoms with E-state index in [0.29, 0.717) is 0 Å². The van der Waals surface area contributed by atoms with Crippen LogP contribution < -0.4 is 5.32 Å².